The molecule has 0 saturated carbocycles. The molecule has 1 heterocycles. The Kier molecular flexibility index (Phi) is 6.90. The minimum Gasteiger partial charge on any atom is -0.493 e. The Morgan fingerprint density at radius 1 is 1.27 bits per heavy atom. The second-order valence-electron chi connectivity index (χ2n) is 4.98. The van der Waals surface area contributed by atoms with Gasteiger partial charge in [-0.2, -0.15) is 13.2 Å². The van der Waals surface area contributed by atoms with E-state index in [1.165, 1.54) is 25.3 Å². The standard InChI is InChI=1S/C14H18F4N2O.ClH/c1-21-13-10(3-2-4-11(13)15)12(9-14(16,17)18)20-7-5-19-6-8-20;/h2-4,12,19H,5-9H2,1H3;1H/t12-;/m0./s1. The number of methoxy groups -OCH3 is 1. The molecule has 2 rings (SSSR count). The first-order valence-electron chi connectivity index (χ1n) is 6.76. The fourth-order valence-corrected chi connectivity index (χ4v) is 2.65. The van der Waals surface area contributed by atoms with E-state index in [4.69, 9.17) is 4.74 Å². The summed E-state index contributed by atoms with van der Waals surface area (Å²) < 4.78 is 57.5. The summed E-state index contributed by atoms with van der Waals surface area (Å²) >= 11 is 0. The summed E-state index contributed by atoms with van der Waals surface area (Å²) in [6, 6.07) is 3.17. The van der Waals surface area contributed by atoms with E-state index in [0.717, 1.165) is 0 Å². The van der Waals surface area contributed by atoms with Gasteiger partial charge in [-0.3, -0.25) is 4.90 Å². The van der Waals surface area contributed by atoms with Crippen molar-refractivity contribution in [2.75, 3.05) is 33.3 Å². The van der Waals surface area contributed by atoms with Gasteiger partial charge in [-0.1, -0.05) is 12.1 Å². The Balaban J connectivity index is 0.00000242. The van der Waals surface area contributed by atoms with Crippen molar-refractivity contribution in [3.05, 3.63) is 29.6 Å². The number of nitrogens with one attached hydrogen (secondary N) is 1. The largest absolute Gasteiger partial charge is 0.493 e. The van der Waals surface area contributed by atoms with E-state index in [2.05, 4.69) is 5.32 Å². The first-order chi connectivity index (χ1) is 9.92. The molecule has 126 valence electrons. The van der Waals surface area contributed by atoms with Crippen LogP contribution in [0.3, 0.4) is 0 Å². The predicted octanol–water partition coefficient (Wildman–Crippen LogP) is 3.15. The van der Waals surface area contributed by atoms with Crippen LogP contribution >= 0.6 is 12.4 Å². The predicted molar refractivity (Wildman–Crippen MR) is 78.1 cm³/mol. The average molecular weight is 343 g/mol. The number of halogens is 5. The van der Waals surface area contributed by atoms with Crippen molar-refractivity contribution in [3.63, 3.8) is 0 Å². The number of rotatable bonds is 4. The number of nitrogens with zero attached hydrogens (tertiary/aromatic N) is 1. The molecule has 0 aromatic heterocycles. The monoisotopic (exact) mass is 342 g/mol. The normalized spacial score (nSPS) is 17.7. The molecule has 0 bridgehead atoms. The lowest BCUT2D eigenvalue weighted by atomic mass is 9.99. The van der Waals surface area contributed by atoms with Crippen LogP contribution in [0, 0.1) is 5.82 Å². The Morgan fingerprint density at radius 2 is 1.91 bits per heavy atom. The molecule has 1 aliphatic rings. The maximum atomic E-state index is 13.8. The summed E-state index contributed by atoms with van der Waals surface area (Å²) in [6.45, 7) is 2.21. The molecule has 1 atom stereocenters. The number of benzene rings is 1. The number of hydrogen-bond donors (Lipinski definition) is 1. The van der Waals surface area contributed by atoms with Crippen molar-refractivity contribution in [1.82, 2.24) is 10.2 Å². The molecule has 0 spiro atoms. The number of alkyl halides is 3. The minimum atomic E-state index is -4.33. The molecule has 3 nitrogen and oxygen atoms in total. The minimum absolute atomic E-state index is 0. The SMILES string of the molecule is COc1c(F)cccc1[C@H](CC(F)(F)F)N1CCNCC1.Cl. The van der Waals surface area contributed by atoms with Crippen molar-refractivity contribution in [1.29, 1.82) is 0 Å². The average Bonchev–Trinajstić information content (AvgIpc) is 2.44. The number of ether oxygens (including phenoxy) is 1. The van der Waals surface area contributed by atoms with E-state index in [1.807, 2.05) is 0 Å². The smallest absolute Gasteiger partial charge is 0.390 e. The van der Waals surface area contributed by atoms with Gasteiger partial charge in [0.25, 0.3) is 0 Å². The summed E-state index contributed by atoms with van der Waals surface area (Å²) in [7, 11) is 1.27. The summed E-state index contributed by atoms with van der Waals surface area (Å²) in [5.41, 5.74) is 0.247. The zero-order valence-corrected chi connectivity index (χ0v) is 12.9. The topological polar surface area (TPSA) is 24.5 Å². The van der Waals surface area contributed by atoms with E-state index in [9.17, 15) is 17.6 Å². The van der Waals surface area contributed by atoms with Crippen LogP contribution in [0.5, 0.6) is 5.75 Å². The third-order valence-corrected chi connectivity index (χ3v) is 3.58. The lowest BCUT2D eigenvalue weighted by molar-refractivity contribution is -0.148. The molecule has 22 heavy (non-hydrogen) atoms. The van der Waals surface area contributed by atoms with Gasteiger partial charge in [0.1, 0.15) is 0 Å². The highest BCUT2D eigenvalue weighted by Gasteiger charge is 2.37. The van der Waals surface area contributed by atoms with Crippen LogP contribution in [0.15, 0.2) is 18.2 Å². The fraction of sp³-hybridized carbons (Fsp3) is 0.571. The quantitative estimate of drug-likeness (QED) is 0.851. The van der Waals surface area contributed by atoms with Crippen molar-refractivity contribution < 1.29 is 22.3 Å². The van der Waals surface area contributed by atoms with Crippen LogP contribution in [-0.2, 0) is 0 Å². The third kappa shape index (κ3) is 4.72. The van der Waals surface area contributed by atoms with Crippen molar-refractivity contribution in [2.24, 2.45) is 0 Å². The van der Waals surface area contributed by atoms with Gasteiger partial charge >= 0.3 is 6.18 Å². The van der Waals surface area contributed by atoms with Gasteiger partial charge < -0.3 is 10.1 Å². The lowest BCUT2D eigenvalue weighted by Crippen LogP contribution is -2.46. The highest BCUT2D eigenvalue weighted by Crippen LogP contribution is 2.38. The zero-order valence-electron chi connectivity index (χ0n) is 12.1. The van der Waals surface area contributed by atoms with Gasteiger partial charge in [0.15, 0.2) is 11.6 Å². The van der Waals surface area contributed by atoms with Gasteiger partial charge in [0.05, 0.1) is 13.5 Å². The molecule has 0 amide bonds. The second kappa shape index (κ2) is 7.99. The Morgan fingerprint density at radius 3 is 2.45 bits per heavy atom. The van der Waals surface area contributed by atoms with E-state index >= 15 is 0 Å². The molecule has 1 fully saturated rings. The van der Waals surface area contributed by atoms with E-state index < -0.39 is 24.5 Å². The maximum absolute atomic E-state index is 13.8. The molecule has 1 aromatic carbocycles. The third-order valence-electron chi connectivity index (χ3n) is 3.58. The fourth-order valence-electron chi connectivity index (χ4n) is 2.65. The molecule has 1 aliphatic heterocycles. The Bertz CT molecular complexity index is 478. The molecule has 1 saturated heterocycles. The molecule has 1 aromatic rings. The second-order valence-corrected chi connectivity index (χ2v) is 4.98. The summed E-state index contributed by atoms with van der Waals surface area (Å²) in [6.07, 6.45) is -5.35. The van der Waals surface area contributed by atoms with Crippen molar-refractivity contribution in [3.8, 4) is 5.75 Å². The van der Waals surface area contributed by atoms with Crippen molar-refractivity contribution >= 4 is 12.4 Å². The Labute approximate surface area is 133 Å². The summed E-state index contributed by atoms with van der Waals surface area (Å²) in [5, 5.41) is 3.10. The molecule has 1 N–H and O–H groups in total. The van der Waals surface area contributed by atoms with Gasteiger partial charge in [0, 0.05) is 37.8 Å². The zero-order chi connectivity index (χ0) is 15.5. The molecule has 0 unspecified atom stereocenters. The van der Waals surface area contributed by atoms with Gasteiger partial charge in [0.2, 0.25) is 0 Å². The molecular formula is C14H19ClF4N2O. The lowest BCUT2D eigenvalue weighted by Gasteiger charge is -2.36. The van der Waals surface area contributed by atoms with Crippen LogP contribution in [0.1, 0.15) is 18.0 Å². The molecule has 0 radical (unpaired) electrons. The highest BCUT2D eigenvalue weighted by molar-refractivity contribution is 5.85. The molecular weight excluding hydrogens is 324 g/mol. The van der Waals surface area contributed by atoms with Crippen LogP contribution in [0.4, 0.5) is 17.6 Å². The van der Waals surface area contributed by atoms with Crippen molar-refractivity contribution in [2.45, 2.75) is 18.6 Å². The maximum Gasteiger partial charge on any atom is 0.390 e. The van der Waals surface area contributed by atoms with Crippen LogP contribution in [-0.4, -0.2) is 44.4 Å². The first kappa shape index (κ1) is 19.0. The number of para-hydroxylation sites is 1. The van der Waals surface area contributed by atoms with Crippen LogP contribution in [0.2, 0.25) is 0 Å². The Hall–Kier alpha value is -1.05. The van der Waals surface area contributed by atoms with E-state index in [-0.39, 0.29) is 23.7 Å². The number of piperazine rings is 1. The summed E-state index contributed by atoms with van der Waals surface area (Å²) in [5.74, 6) is -0.748. The molecule has 0 aliphatic carbocycles. The van der Waals surface area contributed by atoms with E-state index in [1.54, 1.807) is 4.90 Å². The van der Waals surface area contributed by atoms with Gasteiger partial charge in [-0.25, -0.2) is 4.39 Å². The number of hydrogen-bond acceptors (Lipinski definition) is 3. The van der Waals surface area contributed by atoms with E-state index in [0.29, 0.717) is 26.2 Å². The van der Waals surface area contributed by atoms with Crippen LogP contribution < -0.4 is 10.1 Å². The first-order valence-corrected chi connectivity index (χ1v) is 6.76. The molecule has 8 heteroatoms. The van der Waals surface area contributed by atoms with Gasteiger partial charge in [-0.05, 0) is 6.07 Å². The van der Waals surface area contributed by atoms with Crippen LogP contribution in [0.25, 0.3) is 0 Å². The highest BCUT2D eigenvalue weighted by atomic mass is 35.5. The summed E-state index contributed by atoms with van der Waals surface area (Å²) in [4.78, 5) is 1.72. The van der Waals surface area contributed by atoms with Gasteiger partial charge in [-0.15, -0.1) is 12.4 Å².